The molecular formula is C14H20N4O2S. The molecule has 0 fully saturated rings. The van der Waals surface area contributed by atoms with Crippen LogP contribution < -0.4 is 0 Å². The lowest BCUT2D eigenvalue weighted by molar-refractivity contribution is 0.180. The number of thioether (sulfide) groups is 1. The molecule has 0 aliphatic heterocycles. The van der Waals surface area contributed by atoms with Gasteiger partial charge < -0.3 is 9.64 Å². The maximum atomic E-state index is 12.2. The van der Waals surface area contributed by atoms with Gasteiger partial charge in [0.1, 0.15) is 6.33 Å². The number of ether oxygens (including phenoxy) is 1. The molecule has 0 radical (unpaired) electrons. The minimum absolute atomic E-state index is 0.253. The van der Waals surface area contributed by atoms with E-state index in [-0.39, 0.29) is 6.03 Å². The van der Waals surface area contributed by atoms with Gasteiger partial charge in [-0.15, -0.1) is 24.8 Å². The fraction of sp³-hybridized carbons (Fsp3) is 0.357. The minimum Gasteiger partial charge on any atom is -0.377 e. The van der Waals surface area contributed by atoms with E-state index < -0.39 is 0 Å². The molecule has 7 heteroatoms. The van der Waals surface area contributed by atoms with Crippen molar-refractivity contribution < 1.29 is 9.53 Å². The number of rotatable bonds is 10. The number of nitrogens with zero attached hydrogens (tertiary/aromatic N) is 4. The van der Waals surface area contributed by atoms with E-state index in [9.17, 15) is 4.79 Å². The van der Waals surface area contributed by atoms with Crippen molar-refractivity contribution in [1.29, 1.82) is 0 Å². The molecule has 114 valence electrons. The SMILES string of the molecule is C=CCOCCSc1ncn(C(=O)N(CC=C)CC=C)n1. The van der Waals surface area contributed by atoms with Crippen molar-refractivity contribution in [1.82, 2.24) is 19.7 Å². The summed E-state index contributed by atoms with van der Waals surface area (Å²) in [6.45, 7) is 12.8. The average molecular weight is 308 g/mol. The number of aromatic nitrogens is 3. The summed E-state index contributed by atoms with van der Waals surface area (Å²) in [4.78, 5) is 17.9. The molecule has 0 saturated carbocycles. The van der Waals surface area contributed by atoms with E-state index in [4.69, 9.17) is 4.74 Å². The smallest absolute Gasteiger partial charge is 0.346 e. The number of amides is 1. The fourth-order valence-corrected chi connectivity index (χ4v) is 2.10. The zero-order valence-electron chi connectivity index (χ0n) is 12.0. The summed E-state index contributed by atoms with van der Waals surface area (Å²) < 4.78 is 6.48. The standard InChI is InChI=1S/C14H20N4O2S/c1-4-7-17(8-5-2)14(19)18-12-15-13(16-18)21-11-10-20-9-6-3/h4-6,12H,1-3,7-11H2. The highest BCUT2D eigenvalue weighted by Crippen LogP contribution is 2.11. The Morgan fingerprint density at radius 3 is 2.67 bits per heavy atom. The molecule has 21 heavy (non-hydrogen) atoms. The summed E-state index contributed by atoms with van der Waals surface area (Å²) in [5.41, 5.74) is 0. The lowest BCUT2D eigenvalue weighted by Crippen LogP contribution is -2.35. The van der Waals surface area contributed by atoms with Crippen LogP contribution in [0.4, 0.5) is 4.79 Å². The molecule has 1 aromatic heterocycles. The Balaban J connectivity index is 2.52. The van der Waals surface area contributed by atoms with E-state index in [1.807, 2.05) is 0 Å². The van der Waals surface area contributed by atoms with Crippen molar-refractivity contribution in [2.45, 2.75) is 5.16 Å². The maximum absolute atomic E-state index is 12.2. The van der Waals surface area contributed by atoms with Crippen LogP contribution in [0.5, 0.6) is 0 Å². The molecule has 0 N–H and O–H groups in total. The third-order valence-corrected chi connectivity index (χ3v) is 3.15. The molecule has 0 aliphatic carbocycles. The Labute approximate surface area is 129 Å². The van der Waals surface area contributed by atoms with Crippen molar-refractivity contribution in [3.8, 4) is 0 Å². The van der Waals surface area contributed by atoms with Crippen molar-refractivity contribution in [3.63, 3.8) is 0 Å². The monoisotopic (exact) mass is 308 g/mol. The normalized spacial score (nSPS) is 10.1. The zero-order chi connectivity index (χ0) is 15.5. The highest BCUT2D eigenvalue weighted by molar-refractivity contribution is 7.99. The molecule has 1 amide bonds. The predicted octanol–water partition coefficient (Wildman–Crippen LogP) is 2.21. The summed E-state index contributed by atoms with van der Waals surface area (Å²) in [6, 6.07) is -0.253. The zero-order valence-corrected chi connectivity index (χ0v) is 12.8. The van der Waals surface area contributed by atoms with Gasteiger partial charge in [0, 0.05) is 18.8 Å². The first-order valence-corrected chi connectivity index (χ1v) is 7.45. The molecular weight excluding hydrogens is 288 g/mol. The first-order chi connectivity index (χ1) is 10.2. The van der Waals surface area contributed by atoms with Crippen LogP contribution in [0.3, 0.4) is 0 Å². The van der Waals surface area contributed by atoms with Gasteiger partial charge in [-0.1, -0.05) is 30.0 Å². The van der Waals surface area contributed by atoms with Crippen LogP contribution in [0.25, 0.3) is 0 Å². The Bertz CT molecular complexity index is 477. The maximum Gasteiger partial charge on any atom is 0.346 e. The van der Waals surface area contributed by atoms with E-state index >= 15 is 0 Å². The Morgan fingerprint density at radius 1 is 1.33 bits per heavy atom. The highest BCUT2D eigenvalue weighted by atomic mass is 32.2. The van der Waals surface area contributed by atoms with E-state index in [2.05, 4.69) is 29.8 Å². The second kappa shape index (κ2) is 9.95. The van der Waals surface area contributed by atoms with Gasteiger partial charge in [-0.3, -0.25) is 0 Å². The number of carbonyl (C=O) groups is 1. The van der Waals surface area contributed by atoms with Crippen LogP contribution in [0, 0.1) is 0 Å². The minimum atomic E-state index is -0.253. The van der Waals surface area contributed by atoms with Crippen LogP contribution in [-0.2, 0) is 4.74 Å². The molecule has 0 unspecified atom stereocenters. The van der Waals surface area contributed by atoms with Gasteiger partial charge in [0.05, 0.1) is 13.2 Å². The van der Waals surface area contributed by atoms with Gasteiger partial charge in [0.2, 0.25) is 5.16 Å². The summed E-state index contributed by atoms with van der Waals surface area (Å²) in [7, 11) is 0. The van der Waals surface area contributed by atoms with Crippen LogP contribution in [0.1, 0.15) is 0 Å². The summed E-state index contributed by atoms with van der Waals surface area (Å²) in [5, 5.41) is 4.69. The van der Waals surface area contributed by atoms with Crippen molar-refractivity contribution in [3.05, 3.63) is 44.3 Å². The molecule has 0 atom stereocenters. The topological polar surface area (TPSA) is 60.3 Å². The van der Waals surface area contributed by atoms with Gasteiger partial charge in [-0.05, 0) is 0 Å². The van der Waals surface area contributed by atoms with Gasteiger partial charge in [0.25, 0.3) is 0 Å². The van der Waals surface area contributed by atoms with Crippen molar-refractivity contribution in [2.75, 3.05) is 32.1 Å². The van der Waals surface area contributed by atoms with E-state index in [1.165, 1.54) is 22.8 Å². The molecule has 0 saturated heterocycles. The molecule has 1 heterocycles. The van der Waals surface area contributed by atoms with Gasteiger partial charge >= 0.3 is 6.03 Å². The van der Waals surface area contributed by atoms with E-state index in [0.717, 1.165) is 5.75 Å². The summed E-state index contributed by atoms with van der Waals surface area (Å²) in [5.74, 6) is 0.717. The number of hydrogen-bond acceptors (Lipinski definition) is 5. The lowest BCUT2D eigenvalue weighted by Gasteiger charge is -2.17. The largest absolute Gasteiger partial charge is 0.377 e. The van der Waals surface area contributed by atoms with Crippen LogP contribution >= 0.6 is 11.8 Å². The molecule has 0 aliphatic rings. The average Bonchev–Trinajstić information content (AvgIpc) is 2.95. The van der Waals surface area contributed by atoms with Crippen molar-refractivity contribution >= 4 is 17.8 Å². The molecule has 0 spiro atoms. The second-order valence-corrected chi connectivity index (χ2v) is 5.01. The Morgan fingerprint density at radius 2 is 2.05 bits per heavy atom. The predicted molar refractivity (Wildman–Crippen MR) is 84.5 cm³/mol. The number of hydrogen-bond donors (Lipinski definition) is 0. The van der Waals surface area contributed by atoms with Gasteiger partial charge in [-0.25, -0.2) is 9.78 Å². The first-order valence-electron chi connectivity index (χ1n) is 6.47. The Kier molecular flexibility index (Phi) is 8.15. The third-order valence-electron chi connectivity index (χ3n) is 2.33. The molecule has 0 aromatic carbocycles. The molecule has 0 bridgehead atoms. The summed E-state index contributed by atoms with van der Waals surface area (Å²) in [6.07, 6.45) is 6.43. The fourth-order valence-electron chi connectivity index (χ4n) is 1.45. The highest BCUT2D eigenvalue weighted by Gasteiger charge is 2.15. The third kappa shape index (κ3) is 5.97. The quantitative estimate of drug-likeness (QED) is 0.377. The van der Waals surface area contributed by atoms with E-state index in [1.54, 1.807) is 23.1 Å². The van der Waals surface area contributed by atoms with Crippen molar-refractivity contribution in [2.24, 2.45) is 0 Å². The molecule has 6 nitrogen and oxygen atoms in total. The van der Waals surface area contributed by atoms with Crippen LogP contribution in [0.15, 0.2) is 49.4 Å². The molecule has 1 rings (SSSR count). The number of carbonyl (C=O) groups excluding carboxylic acids is 1. The van der Waals surface area contributed by atoms with Crippen LogP contribution in [0.2, 0.25) is 0 Å². The van der Waals surface area contributed by atoms with Gasteiger partial charge in [-0.2, -0.15) is 4.68 Å². The van der Waals surface area contributed by atoms with Gasteiger partial charge in [0.15, 0.2) is 0 Å². The first kappa shape index (κ1) is 17.2. The lowest BCUT2D eigenvalue weighted by atomic mass is 10.5. The Hall–Kier alpha value is -1.86. The molecule has 1 aromatic rings. The second-order valence-electron chi connectivity index (χ2n) is 3.95. The summed E-state index contributed by atoms with van der Waals surface area (Å²) >= 11 is 1.43. The van der Waals surface area contributed by atoms with Crippen LogP contribution in [-0.4, -0.2) is 57.8 Å². The van der Waals surface area contributed by atoms with E-state index in [0.29, 0.717) is 31.5 Å².